The summed E-state index contributed by atoms with van der Waals surface area (Å²) < 4.78 is 57.0. The van der Waals surface area contributed by atoms with E-state index in [9.17, 15) is 21.6 Å². The Morgan fingerprint density at radius 1 is 0.917 bits per heavy atom. The highest BCUT2D eigenvalue weighted by Crippen LogP contribution is 2.22. The number of aromatic nitrogens is 2. The normalized spacial score (nSPS) is 15.2. The van der Waals surface area contributed by atoms with E-state index in [-0.39, 0.29) is 33.7 Å². The number of amides is 1. The van der Waals surface area contributed by atoms with Gasteiger partial charge in [0.05, 0.1) is 21.5 Å². The van der Waals surface area contributed by atoms with Crippen molar-refractivity contribution in [1.29, 1.82) is 0 Å². The number of hydrogen-bond acceptors (Lipinski definition) is 8. The minimum absolute atomic E-state index is 0.0981. The molecule has 2 aromatic carbocycles. The first-order valence-corrected chi connectivity index (χ1v) is 14.6. The maximum absolute atomic E-state index is 12.8. The molecule has 4 rings (SSSR count). The molecule has 1 aliphatic rings. The third-order valence-corrected chi connectivity index (χ3v) is 10.1. The van der Waals surface area contributed by atoms with Crippen LogP contribution in [-0.2, 0) is 26.3 Å². The molecule has 0 aliphatic carbocycles. The van der Waals surface area contributed by atoms with E-state index >= 15 is 0 Å². The standard InChI is InChI=1S/C24H28N4O6S2/c1-17(2)35(30,31)20-10-6-18(7-11-20)16-22-26-27-24(34-22)25-23(29)19-8-12-21(13-9-19)36(32,33)28-14-4-3-5-15-28/h6-13,17H,3-5,14-16H2,1-2H3,(H,25,27,29). The monoisotopic (exact) mass is 532 g/mol. The van der Waals surface area contributed by atoms with Gasteiger partial charge in [0.25, 0.3) is 5.91 Å². The minimum Gasteiger partial charge on any atom is -0.407 e. The van der Waals surface area contributed by atoms with E-state index in [1.165, 1.54) is 28.6 Å². The van der Waals surface area contributed by atoms with Gasteiger partial charge in [0, 0.05) is 18.7 Å². The van der Waals surface area contributed by atoms with Crippen LogP contribution in [0.3, 0.4) is 0 Å². The lowest BCUT2D eigenvalue weighted by molar-refractivity contribution is 0.102. The Morgan fingerprint density at radius 2 is 1.53 bits per heavy atom. The highest BCUT2D eigenvalue weighted by atomic mass is 32.2. The molecule has 0 atom stereocenters. The van der Waals surface area contributed by atoms with Crippen molar-refractivity contribution in [2.45, 2.75) is 54.6 Å². The third kappa shape index (κ3) is 5.66. The smallest absolute Gasteiger partial charge is 0.322 e. The summed E-state index contributed by atoms with van der Waals surface area (Å²) in [5.41, 5.74) is 1.01. The highest BCUT2D eigenvalue weighted by molar-refractivity contribution is 7.92. The number of rotatable bonds is 8. The Morgan fingerprint density at radius 3 is 2.14 bits per heavy atom. The molecule has 1 fully saturated rings. The number of benzene rings is 2. The van der Waals surface area contributed by atoms with E-state index in [2.05, 4.69) is 15.5 Å². The van der Waals surface area contributed by atoms with Crippen LogP contribution in [0.15, 0.2) is 62.7 Å². The van der Waals surface area contributed by atoms with Crippen LogP contribution in [0.1, 0.15) is 54.9 Å². The van der Waals surface area contributed by atoms with Crippen molar-refractivity contribution in [3.8, 4) is 0 Å². The van der Waals surface area contributed by atoms with Gasteiger partial charge in [-0.1, -0.05) is 23.7 Å². The Balaban J connectivity index is 1.38. The van der Waals surface area contributed by atoms with Gasteiger partial charge in [-0.2, -0.15) is 4.31 Å². The number of sulfonamides is 1. The molecule has 0 radical (unpaired) electrons. The summed E-state index contributed by atoms with van der Waals surface area (Å²) in [6.07, 6.45) is 2.97. The van der Waals surface area contributed by atoms with Gasteiger partial charge in [0.1, 0.15) is 0 Å². The van der Waals surface area contributed by atoms with E-state index in [1.54, 1.807) is 38.1 Å². The van der Waals surface area contributed by atoms with Gasteiger partial charge in [-0.15, -0.1) is 5.10 Å². The second-order valence-corrected chi connectivity index (χ2v) is 13.3. The SMILES string of the molecule is CC(C)S(=O)(=O)c1ccc(Cc2nnc(NC(=O)c3ccc(S(=O)(=O)N4CCCCC4)cc3)o2)cc1. The lowest BCUT2D eigenvalue weighted by Gasteiger charge is -2.25. The molecular formula is C24H28N4O6S2. The van der Waals surface area contributed by atoms with E-state index in [0.29, 0.717) is 13.1 Å². The lowest BCUT2D eigenvalue weighted by Crippen LogP contribution is -2.35. The molecule has 12 heteroatoms. The van der Waals surface area contributed by atoms with Crippen LogP contribution >= 0.6 is 0 Å². The van der Waals surface area contributed by atoms with Crippen LogP contribution < -0.4 is 5.32 Å². The molecule has 192 valence electrons. The van der Waals surface area contributed by atoms with Gasteiger partial charge < -0.3 is 4.42 Å². The molecule has 36 heavy (non-hydrogen) atoms. The zero-order chi connectivity index (χ0) is 25.9. The summed E-state index contributed by atoms with van der Waals surface area (Å²) in [7, 11) is -6.93. The molecule has 3 aromatic rings. The van der Waals surface area contributed by atoms with E-state index in [1.807, 2.05) is 0 Å². The maximum atomic E-state index is 12.8. The predicted molar refractivity (Wildman–Crippen MR) is 133 cm³/mol. The molecule has 1 N–H and O–H groups in total. The molecule has 2 heterocycles. The van der Waals surface area contributed by atoms with Crippen molar-refractivity contribution in [2.24, 2.45) is 0 Å². The predicted octanol–water partition coefficient (Wildman–Crippen LogP) is 3.27. The lowest BCUT2D eigenvalue weighted by atomic mass is 10.1. The summed E-state index contributed by atoms with van der Waals surface area (Å²) in [4.78, 5) is 13.0. The van der Waals surface area contributed by atoms with Crippen molar-refractivity contribution in [3.05, 3.63) is 65.5 Å². The zero-order valence-electron chi connectivity index (χ0n) is 20.0. The highest BCUT2D eigenvalue weighted by Gasteiger charge is 2.26. The molecule has 0 bridgehead atoms. The van der Waals surface area contributed by atoms with E-state index in [4.69, 9.17) is 4.42 Å². The summed E-state index contributed by atoms with van der Waals surface area (Å²) in [6, 6.07) is 12.1. The fourth-order valence-corrected chi connectivity index (χ4v) is 6.40. The number of hydrogen-bond donors (Lipinski definition) is 1. The number of carbonyl (C=O) groups is 1. The fraction of sp³-hybridized carbons (Fsp3) is 0.375. The number of nitrogens with one attached hydrogen (secondary N) is 1. The summed E-state index contributed by atoms with van der Waals surface area (Å²) >= 11 is 0. The van der Waals surface area contributed by atoms with Crippen molar-refractivity contribution >= 4 is 31.8 Å². The average Bonchev–Trinajstić information content (AvgIpc) is 3.31. The molecule has 1 saturated heterocycles. The first-order valence-electron chi connectivity index (χ1n) is 11.6. The molecule has 1 aromatic heterocycles. The van der Waals surface area contributed by atoms with Crippen LogP contribution in [0.25, 0.3) is 0 Å². The van der Waals surface area contributed by atoms with Gasteiger partial charge in [-0.3, -0.25) is 10.1 Å². The van der Waals surface area contributed by atoms with E-state index < -0.39 is 31.0 Å². The Kier molecular flexibility index (Phi) is 7.57. The number of sulfone groups is 1. The number of carbonyl (C=O) groups excluding carboxylic acids is 1. The van der Waals surface area contributed by atoms with Crippen molar-refractivity contribution < 1.29 is 26.0 Å². The molecule has 1 amide bonds. The second kappa shape index (κ2) is 10.5. The number of piperidine rings is 1. The summed E-state index contributed by atoms with van der Waals surface area (Å²) in [5.74, 6) is -0.275. The maximum Gasteiger partial charge on any atom is 0.322 e. The molecule has 0 spiro atoms. The first-order chi connectivity index (χ1) is 17.1. The number of anilines is 1. The van der Waals surface area contributed by atoms with E-state index in [0.717, 1.165) is 24.8 Å². The minimum atomic E-state index is -3.58. The van der Waals surface area contributed by atoms with Gasteiger partial charge in [-0.25, -0.2) is 16.8 Å². The van der Waals surface area contributed by atoms with Crippen LogP contribution in [0.2, 0.25) is 0 Å². The van der Waals surface area contributed by atoms with Crippen molar-refractivity contribution in [3.63, 3.8) is 0 Å². The largest absolute Gasteiger partial charge is 0.407 e. The van der Waals surface area contributed by atoms with Gasteiger partial charge in [0.15, 0.2) is 9.84 Å². The average molecular weight is 533 g/mol. The van der Waals surface area contributed by atoms with Crippen molar-refractivity contribution in [1.82, 2.24) is 14.5 Å². The Bertz CT molecular complexity index is 1420. The van der Waals surface area contributed by atoms with Gasteiger partial charge in [-0.05, 0) is 68.7 Å². The zero-order valence-corrected chi connectivity index (χ0v) is 21.7. The quantitative estimate of drug-likeness (QED) is 0.466. The molecule has 0 unspecified atom stereocenters. The van der Waals surface area contributed by atoms with Crippen LogP contribution in [0.5, 0.6) is 0 Å². The van der Waals surface area contributed by atoms with Crippen LogP contribution in [-0.4, -0.2) is 55.6 Å². The number of nitrogens with zero attached hydrogens (tertiary/aromatic N) is 3. The summed E-state index contributed by atoms with van der Waals surface area (Å²) in [5, 5.41) is 9.75. The second-order valence-electron chi connectivity index (χ2n) is 8.86. The molecular weight excluding hydrogens is 504 g/mol. The van der Waals surface area contributed by atoms with Crippen LogP contribution in [0.4, 0.5) is 6.01 Å². The fourth-order valence-electron chi connectivity index (χ4n) is 3.82. The molecule has 10 nitrogen and oxygen atoms in total. The molecule has 1 aliphatic heterocycles. The summed E-state index contributed by atoms with van der Waals surface area (Å²) in [6.45, 7) is 4.27. The van der Waals surface area contributed by atoms with Gasteiger partial charge >= 0.3 is 6.01 Å². The van der Waals surface area contributed by atoms with Gasteiger partial charge in [0.2, 0.25) is 15.9 Å². The van der Waals surface area contributed by atoms with Crippen molar-refractivity contribution in [2.75, 3.05) is 18.4 Å². The Hall–Kier alpha value is -3.09. The molecule has 0 saturated carbocycles. The van der Waals surface area contributed by atoms with Crippen LogP contribution in [0, 0.1) is 0 Å². The Labute approximate surface area is 210 Å². The topological polar surface area (TPSA) is 140 Å². The third-order valence-electron chi connectivity index (χ3n) is 5.98. The first kappa shape index (κ1) is 26.0.